The lowest BCUT2D eigenvalue weighted by molar-refractivity contribution is -0.138. The van der Waals surface area contributed by atoms with Gasteiger partial charge in [-0.2, -0.15) is 0 Å². The zero-order valence-electron chi connectivity index (χ0n) is 22.4. The Morgan fingerprint density at radius 1 is 1.03 bits per heavy atom. The maximum atomic E-state index is 14.0. The highest BCUT2D eigenvalue weighted by molar-refractivity contribution is 7.07. The molecule has 1 atom stereocenters. The van der Waals surface area contributed by atoms with Crippen LogP contribution in [0.15, 0.2) is 94.2 Å². The SMILES string of the molecule is CCOC(=O)C1=C(c2ccccc2)N=c2s/c(=C\c3ccc(OC)cc3)c(=O)n2[C@@H]1c1ccc(C(C)C)cc1. The molecule has 0 fully saturated rings. The molecule has 0 unspecified atom stereocenters. The Balaban J connectivity index is 1.78. The average Bonchev–Trinajstić information content (AvgIpc) is 3.27. The van der Waals surface area contributed by atoms with Crippen molar-refractivity contribution in [1.29, 1.82) is 0 Å². The average molecular weight is 539 g/mol. The van der Waals surface area contributed by atoms with Crippen molar-refractivity contribution in [3.63, 3.8) is 0 Å². The molecule has 0 bridgehead atoms. The molecule has 1 aromatic heterocycles. The van der Waals surface area contributed by atoms with Gasteiger partial charge in [0.2, 0.25) is 0 Å². The Hall–Kier alpha value is -4.23. The molecule has 198 valence electrons. The second-order valence-electron chi connectivity index (χ2n) is 9.53. The van der Waals surface area contributed by atoms with E-state index in [1.165, 1.54) is 16.9 Å². The molecule has 0 saturated carbocycles. The van der Waals surface area contributed by atoms with Crippen LogP contribution >= 0.6 is 11.3 Å². The standard InChI is InChI=1S/C32H30N2O4S/c1-5-38-31(36)27-28(23-9-7-6-8-10-23)33-32-34(29(27)24-15-13-22(14-16-24)20(2)3)30(35)26(39-32)19-21-11-17-25(37-4)18-12-21/h6-20,29H,5H2,1-4H3/b26-19-/t29-/m1/s1. The number of carbonyl (C=O) groups is 1. The van der Waals surface area contributed by atoms with Gasteiger partial charge in [0.05, 0.1) is 35.6 Å². The summed E-state index contributed by atoms with van der Waals surface area (Å²) in [6.07, 6.45) is 1.85. The second-order valence-corrected chi connectivity index (χ2v) is 10.5. The summed E-state index contributed by atoms with van der Waals surface area (Å²) in [4.78, 5) is 32.9. The molecule has 39 heavy (non-hydrogen) atoms. The van der Waals surface area contributed by atoms with E-state index in [-0.39, 0.29) is 12.2 Å². The Bertz CT molecular complexity index is 1700. The lowest BCUT2D eigenvalue weighted by Gasteiger charge is -2.26. The number of hydrogen-bond donors (Lipinski definition) is 0. The third kappa shape index (κ3) is 5.22. The minimum Gasteiger partial charge on any atom is -0.497 e. The number of carbonyl (C=O) groups excluding carboxylic acids is 1. The monoisotopic (exact) mass is 538 g/mol. The number of methoxy groups -OCH3 is 1. The maximum Gasteiger partial charge on any atom is 0.338 e. The molecule has 3 aromatic carbocycles. The number of aromatic nitrogens is 1. The van der Waals surface area contributed by atoms with E-state index < -0.39 is 12.0 Å². The summed E-state index contributed by atoms with van der Waals surface area (Å²) in [5.74, 6) is 0.609. The number of fused-ring (bicyclic) bond motifs is 1. The molecule has 0 radical (unpaired) electrons. The normalized spacial score (nSPS) is 15.2. The van der Waals surface area contributed by atoms with E-state index in [1.807, 2.05) is 72.8 Å². The molecule has 0 spiro atoms. The summed E-state index contributed by atoms with van der Waals surface area (Å²) in [6.45, 7) is 6.26. The summed E-state index contributed by atoms with van der Waals surface area (Å²) in [7, 11) is 1.62. The fraction of sp³-hybridized carbons (Fsp3) is 0.219. The summed E-state index contributed by atoms with van der Waals surface area (Å²) in [5, 5.41) is 0. The van der Waals surface area contributed by atoms with E-state index in [0.29, 0.717) is 26.5 Å². The Kier molecular flexibility index (Phi) is 7.61. The van der Waals surface area contributed by atoms with Crippen LogP contribution in [0, 0.1) is 0 Å². The van der Waals surface area contributed by atoms with Crippen molar-refractivity contribution in [1.82, 2.24) is 4.57 Å². The highest BCUT2D eigenvalue weighted by atomic mass is 32.1. The molecule has 6 nitrogen and oxygen atoms in total. The number of ether oxygens (including phenoxy) is 2. The van der Waals surface area contributed by atoms with Crippen LogP contribution in [0.3, 0.4) is 0 Å². The fourth-order valence-corrected chi connectivity index (χ4v) is 5.67. The highest BCUT2D eigenvalue weighted by Gasteiger charge is 2.35. The van der Waals surface area contributed by atoms with Crippen LogP contribution in [0.5, 0.6) is 5.75 Å². The van der Waals surface area contributed by atoms with Crippen molar-refractivity contribution in [3.05, 3.63) is 126 Å². The van der Waals surface area contributed by atoms with Gasteiger partial charge in [0.25, 0.3) is 5.56 Å². The molecule has 7 heteroatoms. The van der Waals surface area contributed by atoms with Crippen LogP contribution in [0.25, 0.3) is 11.8 Å². The number of benzene rings is 3. The first kappa shape index (κ1) is 26.4. The van der Waals surface area contributed by atoms with Crippen LogP contribution < -0.4 is 19.6 Å². The number of esters is 1. The summed E-state index contributed by atoms with van der Waals surface area (Å²) in [6, 6.07) is 24.5. The molecule has 0 N–H and O–H groups in total. The minimum absolute atomic E-state index is 0.207. The van der Waals surface area contributed by atoms with Gasteiger partial charge in [0, 0.05) is 5.56 Å². The van der Waals surface area contributed by atoms with E-state index in [4.69, 9.17) is 14.5 Å². The molecule has 0 aliphatic carbocycles. The van der Waals surface area contributed by atoms with E-state index in [2.05, 4.69) is 26.0 Å². The van der Waals surface area contributed by atoms with Crippen LogP contribution in [-0.2, 0) is 9.53 Å². The first-order valence-electron chi connectivity index (χ1n) is 12.9. The molecular weight excluding hydrogens is 508 g/mol. The van der Waals surface area contributed by atoms with Crippen LogP contribution in [0.1, 0.15) is 55.0 Å². The van der Waals surface area contributed by atoms with Gasteiger partial charge in [-0.1, -0.05) is 91.9 Å². The van der Waals surface area contributed by atoms with Crippen LogP contribution in [-0.4, -0.2) is 24.3 Å². The third-order valence-corrected chi connectivity index (χ3v) is 7.69. The predicted molar refractivity (Wildman–Crippen MR) is 155 cm³/mol. The predicted octanol–water partition coefficient (Wildman–Crippen LogP) is 5.07. The van der Waals surface area contributed by atoms with Gasteiger partial charge in [-0.3, -0.25) is 9.36 Å². The van der Waals surface area contributed by atoms with Gasteiger partial charge in [-0.25, -0.2) is 9.79 Å². The Labute approximate surface area is 231 Å². The zero-order chi connectivity index (χ0) is 27.5. The lowest BCUT2D eigenvalue weighted by atomic mass is 9.91. The quantitative estimate of drug-likeness (QED) is 0.308. The number of hydrogen-bond acceptors (Lipinski definition) is 6. The van der Waals surface area contributed by atoms with Gasteiger partial charge in [0.15, 0.2) is 4.80 Å². The van der Waals surface area contributed by atoms with Crippen molar-refractivity contribution < 1.29 is 14.3 Å². The van der Waals surface area contributed by atoms with Crippen molar-refractivity contribution in [2.45, 2.75) is 32.7 Å². The topological polar surface area (TPSA) is 69.9 Å². The lowest BCUT2D eigenvalue weighted by Crippen LogP contribution is -2.40. The molecule has 4 aromatic rings. The van der Waals surface area contributed by atoms with Crippen molar-refractivity contribution in [2.75, 3.05) is 13.7 Å². The van der Waals surface area contributed by atoms with Crippen molar-refractivity contribution in [3.8, 4) is 5.75 Å². The molecular formula is C32H30N2O4S. The van der Waals surface area contributed by atoms with Gasteiger partial charge >= 0.3 is 5.97 Å². The minimum atomic E-state index is -0.685. The van der Waals surface area contributed by atoms with E-state index in [1.54, 1.807) is 18.6 Å². The molecule has 0 saturated heterocycles. The Morgan fingerprint density at radius 2 is 1.72 bits per heavy atom. The molecule has 1 aliphatic heterocycles. The van der Waals surface area contributed by atoms with Crippen molar-refractivity contribution >= 4 is 29.1 Å². The Morgan fingerprint density at radius 3 is 2.33 bits per heavy atom. The highest BCUT2D eigenvalue weighted by Crippen LogP contribution is 2.35. The fourth-order valence-electron chi connectivity index (χ4n) is 4.67. The van der Waals surface area contributed by atoms with Crippen LogP contribution in [0.2, 0.25) is 0 Å². The van der Waals surface area contributed by atoms with E-state index >= 15 is 0 Å². The maximum absolute atomic E-state index is 14.0. The van der Waals surface area contributed by atoms with Gasteiger partial charge < -0.3 is 9.47 Å². The van der Waals surface area contributed by atoms with Gasteiger partial charge in [-0.05, 0) is 47.7 Å². The first-order valence-corrected chi connectivity index (χ1v) is 13.7. The number of rotatable bonds is 7. The molecule has 1 aliphatic rings. The van der Waals surface area contributed by atoms with Gasteiger partial charge in [0.1, 0.15) is 5.75 Å². The summed E-state index contributed by atoms with van der Waals surface area (Å²) < 4.78 is 13.0. The van der Waals surface area contributed by atoms with Crippen molar-refractivity contribution in [2.24, 2.45) is 4.99 Å². The third-order valence-electron chi connectivity index (χ3n) is 6.71. The second kappa shape index (κ2) is 11.3. The van der Waals surface area contributed by atoms with E-state index in [9.17, 15) is 9.59 Å². The first-order chi connectivity index (χ1) is 18.9. The molecule has 0 amide bonds. The van der Waals surface area contributed by atoms with Gasteiger partial charge in [-0.15, -0.1) is 0 Å². The molecule has 2 heterocycles. The van der Waals surface area contributed by atoms with E-state index in [0.717, 1.165) is 22.4 Å². The number of thiazole rings is 1. The van der Waals surface area contributed by atoms with Crippen LogP contribution in [0.4, 0.5) is 0 Å². The number of nitrogens with zero attached hydrogens (tertiary/aromatic N) is 2. The summed E-state index contributed by atoms with van der Waals surface area (Å²) in [5.41, 5.74) is 4.32. The smallest absolute Gasteiger partial charge is 0.338 e. The largest absolute Gasteiger partial charge is 0.497 e. The summed E-state index contributed by atoms with van der Waals surface area (Å²) >= 11 is 1.31. The molecule has 5 rings (SSSR count). The zero-order valence-corrected chi connectivity index (χ0v) is 23.2.